The van der Waals surface area contributed by atoms with Crippen molar-refractivity contribution in [1.82, 2.24) is 4.90 Å². The predicted molar refractivity (Wildman–Crippen MR) is 106 cm³/mol. The highest BCUT2D eigenvalue weighted by atomic mass is 16.5. The molecule has 0 saturated heterocycles. The van der Waals surface area contributed by atoms with E-state index in [1.807, 2.05) is 7.05 Å². The van der Waals surface area contributed by atoms with Crippen LogP contribution in [0.25, 0.3) is 0 Å². The molecule has 0 aliphatic carbocycles. The maximum Gasteiger partial charge on any atom is 0.222 e. The van der Waals surface area contributed by atoms with Crippen LogP contribution in [-0.2, 0) is 14.3 Å². The minimum Gasteiger partial charge on any atom is -0.379 e. The van der Waals surface area contributed by atoms with Crippen molar-refractivity contribution in [3.8, 4) is 0 Å². The van der Waals surface area contributed by atoms with Crippen molar-refractivity contribution in [2.24, 2.45) is 10.8 Å². The van der Waals surface area contributed by atoms with Gasteiger partial charge in [-0.25, -0.2) is 0 Å². The van der Waals surface area contributed by atoms with E-state index in [0.717, 1.165) is 25.9 Å². The molecule has 0 spiro atoms. The average molecular weight is 358 g/mol. The zero-order chi connectivity index (χ0) is 19.3. The first kappa shape index (κ1) is 24.4. The summed E-state index contributed by atoms with van der Waals surface area (Å²) in [6, 6.07) is 0. The van der Waals surface area contributed by atoms with Crippen LogP contribution in [0.15, 0.2) is 0 Å². The third-order valence-electron chi connectivity index (χ3n) is 4.18. The van der Waals surface area contributed by atoms with Gasteiger partial charge in [0.2, 0.25) is 5.91 Å². The number of rotatable bonds is 13. The lowest BCUT2D eigenvalue weighted by Gasteiger charge is -2.19. The summed E-state index contributed by atoms with van der Waals surface area (Å²) in [5.41, 5.74) is 0.714. The van der Waals surface area contributed by atoms with Crippen molar-refractivity contribution < 1.29 is 14.3 Å². The molecule has 0 atom stereocenters. The average Bonchev–Trinajstić information content (AvgIpc) is 2.46. The highest BCUT2D eigenvalue weighted by Crippen LogP contribution is 2.22. The first-order valence-corrected chi connectivity index (χ1v) is 9.91. The zero-order valence-electron chi connectivity index (χ0n) is 18.0. The Morgan fingerprint density at radius 1 is 0.760 bits per heavy atom. The molecule has 4 heteroatoms. The van der Waals surface area contributed by atoms with E-state index in [2.05, 4.69) is 41.5 Å². The van der Waals surface area contributed by atoms with Gasteiger partial charge in [-0.3, -0.25) is 4.79 Å². The van der Waals surface area contributed by atoms with E-state index in [1.54, 1.807) is 4.90 Å². The van der Waals surface area contributed by atoms with Crippen molar-refractivity contribution in [1.29, 1.82) is 0 Å². The molecule has 25 heavy (non-hydrogen) atoms. The number of amides is 1. The lowest BCUT2D eigenvalue weighted by atomic mass is 9.89. The topological polar surface area (TPSA) is 38.8 Å². The number of nitrogens with zero attached hydrogens (tertiary/aromatic N) is 1. The number of carbonyl (C=O) groups excluding carboxylic acids is 1. The minimum absolute atomic E-state index is 0.223. The molecule has 0 rings (SSSR count). The van der Waals surface area contributed by atoms with Gasteiger partial charge in [-0.1, -0.05) is 54.4 Å². The molecule has 0 N–H and O–H groups in total. The van der Waals surface area contributed by atoms with E-state index >= 15 is 0 Å². The second-order valence-corrected chi connectivity index (χ2v) is 9.47. The summed E-state index contributed by atoms with van der Waals surface area (Å²) in [6.45, 7) is 16.7. The number of hydrogen-bond donors (Lipinski definition) is 0. The van der Waals surface area contributed by atoms with Gasteiger partial charge in [0.1, 0.15) is 0 Å². The van der Waals surface area contributed by atoms with Crippen LogP contribution in [0.5, 0.6) is 0 Å². The van der Waals surface area contributed by atoms with Crippen LogP contribution in [0.3, 0.4) is 0 Å². The van der Waals surface area contributed by atoms with Gasteiger partial charge < -0.3 is 14.4 Å². The fraction of sp³-hybridized carbons (Fsp3) is 0.952. The van der Waals surface area contributed by atoms with Crippen LogP contribution in [0, 0.1) is 10.8 Å². The Kier molecular flexibility index (Phi) is 12.4. The normalized spacial score (nSPS) is 12.4. The fourth-order valence-corrected chi connectivity index (χ4v) is 2.33. The molecular formula is C21H43NO3. The lowest BCUT2D eigenvalue weighted by Crippen LogP contribution is -2.30. The summed E-state index contributed by atoms with van der Waals surface area (Å²) in [6.07, 6.45) is 6.26. The van der Waals surface area contributed by atoms with Crippen molar-refractivity contribution in [2.45, 2.75) is 80.1 Å². The van der Waals surface area contributed by atoms with Crippen LogP contribution < -0.4 is 0 Å². The molecule has 0 heterocycles. The lowest BCUT2D eigenvalue weighted by molar-refractivity contribution is -0.130. The van der Waals surface area contributed by atoms with E-state index in [9.17, 15) is 4.79 Å². The van der Waals surface area contributed by atoms with Gasteiger partial charge in [-0.05, 0) is 30.1 Å². The molecule has 0 radical (unpaired) electrons. The van der Waals surface area contributed by atoms with Crippen LogP contribution in [0.1, 0.15) is 80.1 Å². The molecule has 0 unspecified atom stereocenters. The van der Waals surface area contributed by atoms with Crippen molar-refractivity contribution in [3.05, 3.63) is 0 Å². The number of unbranched alkanes of at least 4 members (excludes halogenated alkanes) is 2. The largest absolute Gasteiger partial charge is 0.379 e. The third-order valence-corrected chi connectivity index (χ3v) is 4.18. The Morgan fingerprint density at radius 2 is 1.32 bits per heavy atom. The number of likely N-dealkylation sites (N-methyl/N-ethyl adjacent to an activating group) is 1. The molecule has 0 aliphatic heterocycles. The molecule has 0 saturated carbocycles. The Balaban J connectivity index is 3.50. The van der Waals surface area contributed by atoms with Crippen molar-refractivity contribution in [3.63, 3.8) is 0 Å². The van der Waals surface area contributed by atoms with Crippen molar-refractivity contribution in [2.75, 3.05) is 40.0 Å². The van der Waals surface area contributed by atoms with Crippen LogP contribution in [0.4, 0.5) is 0 Å². The summed E-state index contributed by atoms with van der Waals surface area (Å²) in [5, 5.41) is 0. The van der Waals surface area contributed by atoms with Gasteiger partial charge in [0.05, 0.1) is 19.8 Å². The molecule has 0 aromatic heterocycles. The smallest absolute Gasteiger partial charge is 0.222 e. The van der Waals surface area contributed by atoms with E-state index in [1.165, 1.54) is 12.8 Å². The second-order valence-electron chi connectivity index (χ2n) is 9.47. The Hall–Kier alpha value is -0.610. The zero-order valence-corrected chi connectivity index (χ0v) is 18.0. The maximum atomic E-state index is 12.0. The fourth-order valence-electron chi connectivity index (χ4n) is 2.33. The minimum atomic E-state index is 0.223. The maximum absolute atomic E-state index is 12.0. The van der Waals surface area contributed by atoms with Gasteiger partial charge in [0.25, 0.3) is 0 Å². The second kappa shape index (κ2) is 12.7. The standard InChI is InChI=1S/C21H43NO3/c1-20(2,3)12-10-8-9-11-19(23)22(7)14-16-25-18-17-24-15-13-21(4,5)6/h8-18H2,1-7H3. The molecule has 0 bridgehead atoms. The van der Waals surface area contributed by atoms with Gasteiger partial charge in [-0.2, -0.15) is 0 Å². The quantitative estimate of drug-likeness (QED) is 0.440. The van der Waals surface area contributed by atoms with E-state index in [-0.39, 0.29) is 5.91 Å². The summed E-state index contributed by atoms with van der Waals surface area (Å²) >= 11 is 0. The number of hydrogen-bond acceptors (Lipinski definition) is 3. The van der Waals surface area contributed by atoms with Crippen LogP contribution >= 0.6 is 0 Å². The summed E-state index contributed by atoms with van der Waals surface area (Å²) in [7, 11) is 1.86. The van der Waals surface area contributed by atoms with Gasteiger partial charge in [0, 0.05) is 26.6 Å². The number of carbonyl (C=O) groups is 1. The first-order chi connectivity index (χ1) is 11.5. The van der Waals surface area contributed by atoms with E-state index in [0.29, 0.717) is 43.6 Å². The SMILES string of the molecule is CN(CCOCCOCCC(C)(C)C)C(=O)CCCCCC(C)(C)C. The first-order valence-electron chi connectivity index (χ1n) is 9.91. The highest BCUT2D eigenvalue weighted by molar-refractivity contribution is 5.75. The molecule has 0 aliphatic rings. The number of ether oxygens (including phenoxy) is 2. The summed E-state index contributed by atoms with van der Waals surface area (Å²) in [4.78, 5) is 13.8. The molecule has 150 valence electrons. The predicted octanol–water partition coefficient (Wildman–Crippen LogP) is 4.91. The molecule has 0 fully saturated rings. The molecule has 4 nitrogen and oxygen atoms in total. The Morgan fingerprint density at radius 3 is 1.88 bits per heavy atom. The van der Waals surface area contributed by atoms with E-state index in [4.69, 9.17) is 9.47 Å². The van der Waals surface area contributed by atoms with E-state index < -0.39 is 0 Å². The van der Waals surface area contributed by atoms with Gasteiger partial charge in [0.15, 0.2) is 0 Å². The monoisotopic (exact) mass is 357 g/mol. The van der Waals surface area contributed by atoms with Crippen LogP contribution in [-0.4, -0.2) is 50.8 Å². The summed E-state index contributed by atoms with van der Waals surface area (Å²) < 4.78 is 11.1. The highest BCUT2D eigenvalue weighted by Gasteiger charge is 2.11. The van der Waals surface area contributed by atoms with Gasteiger partial charge in [-0.15, -0.1) is 0 Å². The Labute approximate surface area is 156 Å². The summed E-state index contributed by atoms with van der Waals surface area (Å²) in [5.74, 6) is 0.223. The van der Waals surface area contributed by atoms with Crippen molar-refractivity contribution >= 4 is 5.91 Å². The van der Waals surface area contributed by atoms with Crippen LogP contribution in [0.2, 0.25) is 0 Å². The molecule has 0 aromatic rings. The Bertz CT molecular complexity index is 342. The molecule has 1 amide bonds. The van der Waals surface area contributed by atoms with Gasteiger partial charge >= 0.3 is 0 Å². The third kappa shape index (κ3) is 18.0. The molecular weight excluding hydrogens is 314 g/mol. The molecule has 0 aromatic carbocycles.